The largest absolute Gasteiger partial charge is 0.467 e. The monoisotopic (exact) mass is 141 g/mol. The molecule has 0 spiro atoms. The number of nitrogens with zero attached hydrogens (tertiary/aromatic N) is 1. The fraction of sp³-hybridized carbons (Fsp3) is 0.400. The average molecular weight is 141 g/mol. The summed E-state index contributed by atoms with van der Waals surface area (Å²) in [6.07, 6.45) is 0. The van der Waals surface area contributed by atoms with E-state index >= 15 is 0 Å². The molecule has 5 heteroatoms. The van der Waals surface area contributed by atoms with E-state index in [1.165, 1.54) is 7.11 Å². The Balaban J connectivity index is 2.67. The SMILES string of the molecule is COC(=O)C1(C#N)[CH]ON1. The highest BCUT2D eigenvalue weighted by atomic mass is 16.7. The van der Waals surface area contributed by atoms with Gasteiger partial charge in [-0.15, -0.1) is 0 Å². The molecule has 0 amide bonds. The van der Waals surface area contributed by atoms with Gasteiger partial charge in [0, 0.05) is 0 Å². The van der Waals surface area contributed by atoms with Crippen molar-refractivity contribution in [3.63, 3.8) is 0 Å². The number of nitrogens with one attached hydrogen (secondary N) is 1. The Morgan fingerprint density at radius 1 is 2.00 bits per heavy atom. The third-order valence-electron chi connectivity index (χ3n) is 1.14. The normalized spacial score (nSPS) is 30.0. The zero-order valence-corrected chi connectivity index (χ0v) is 5.25. The van der Waals surface area contributed by atoms with E-state index in [1.807, 2.05) is 0 Å². The second-order valence-corrected chi connectivity index (χ2v) is 1.75. The Hall–Kier alpha value is -1.12. The maximum Gasteiger partial charge on any atom is 0.346 e. The number of hydrogen-bond donors (Lipinski definition) is 1. The fourth-order valence-corrected chi connectivity index (χ4v) is 0.522. The second kappa shape index (κ2) is 2.25. The molecule has 1 N–H and O–H groups in total. The van der Waals surface area contributed by atoms with Gasteiger partial charge in [0.1, 0.15) is 6.07 Å². The molecule has 5 nitrogen and oxygen atoms in total. The summed E-state index contributed by atoms with van der Waals surface area (Å²) in [5, 5.41) is 8.41. The summed E-state index contributed by atoms with van der Waals surface area (Å²) >= 11 is 0. The molecule has 0 aromatic heterocycles. The van der Waals surface area contributed by atoms with Crippen LogP contribution in [0.15, 0.2) is 0 Å². The lowest BCUT2D eigenvalue weighted by molar-refractivity contribution is -0.166. The first kappa shape index (κ1) is 6.99. The predicted molar refractivity (Wildman–Crippen MR) is 28.9 cm³/mol. The highest BCUT2D eigenvalue weighted by Crippen LogP contribution is 2.18. The first-order valence-electron chi connectivity index (χ1n) is 2.52. The highest BCUT2D eigenvalue weighted by Gasteiger charge is 2.49. The van der Waals surface area contributed by atoms with Gasteiger partial charge in [-0.1, -0.05) is 0 Å². The lowest BCUT2D eigenvalue weighted by atomic mass is 10.0. The van der Waals surface area contributed by atoms with Crippen LogP contribution in [-0.2, 0) is 14.4 Å². The van der Waals surface area contributed by atoms with Crippen molar-refractivity contribution in [3.8, 4) is 6.07 Å². The van der Waals surface area contributed by atoms with E-state index in [2.05, 4.69) is 15.1 Å². The van der Waals surface area contributed by atoms with Crippen LogP contribution in [0.3, 0.4) is 0 Å². The molecule has 0 aromatic rings. The van der Waals surface area contributed by atoms with Crippen LogP contribution >= 0.6 is 0 Å². The van der Waals surface area contributed by atoms with Gasteiger partial charge in [-0.25, -0.2) is 4.79 Å². The van der Waals surface area contributed by atoms with E-state index in [1.54, 1.807) is 6.07 Å². The molecule has 0 aliphatic carbocycles. The van der Waals surface area contributed by atoms with Gasteiger partial charge in [0.15, 0.2) is 6.61 Å². The Kier molecular flexibility index (Phi) is 1.57. The quantitative estimate of drug-likeness (QED) is 0.480. The van der Waals surface area contributed by atoms with E-state index in [4.69, 9.17) is 5.26 Å². The topological polar surface area (TPSA) is 71.4 Å². The van der Waals surface area contributed by atoms with Crippen molar-refractivity contribution < 1.29 is 14.4 Å². The van der Waals surface area contributed by atoms with Crippen molar-refractivity contribution >= 4 is 5.97 Å². The van der Waals surface area contributed by atoms with Gasteiger partial charge in [0.25, 0.3) is 5.54 Å². The minimum atomic E-state index is -1.38. The molecular formula is C5H5N2O3. The molecule has 0 aromatic carbocycles. The molecule has 1 aliphatic heterocycles. The zero-order valence-electron chi connectivity index (χ0n) is 5.25. The van der Waals surface area contributed by atoms with Gasteiger partial charge in [-0.2, -0.15) is 10.7 Å². The van der Waals surface area contributed by atoms with Gasteiger partial charge in [0.05, 0.1) is 7.11 Å². The summed E-state index contributed by atoms with van der Waals surface area (Å²) in [7, 11) is 1.20. The number of carbonyl (C=O) groups is 1. The number of ether oxygens (including phenoxy) is 1. The maximum atomic E-state index is 10.7. The van der Waals surface area contributed by atoms with Crippen LogP contribution in [0.1, 0.15) is 0 Å². The third-order valence-corrected chi connectivity index (χ3v) is 1.14. The average Bonchev–Trinajstić information content (AvgIpc) is 1.86. The number of carbonyl (C=O) groups excluding carboxylic acids is 1. The molecule has 1 aliphatic rings. The van der Waals surface area contributed by atoms with Gasteiger partial charge in [0.2, 0.25) is 0 Å². The number of rotatable bonds is 1. The van der Waals surface area contributed by atoms with Crippen molar-refractivity contribution in [2.45, 2.75) is 5.54 Å². The van der Waals surface area contributed by atoms with Crippen LogP contribution in [-0.4, -0.2) is 18.6 Å². The fourth-order valence-electron chi connectivity index (χ4n) is 0.522. The molecule has 1 rings (SSSR count). The van der Waals surface area contributed by atoms with Crippen molar-refractivity contribution in [3.05, 3.63) is 6.61 Å². The molecule has 10 heavy (non-hydrogen) atoms. The Labute approximate surface area is 57.5 Å². The molecule has 1 radical (unpaired) electrons. The summed E-state index contributed by atoms with van der Waals surface area (Å²) in [5.41, 5.74) is 0.788. The summed E-state index contributed by atoms with van der Waals surface area (Å²) in [5.74, 6) is -0.666. The number of hydroxylamine groups is 1. The van der Waals surface area contributed by atoms with Crippen LogP contribution in [0.5, 0.6) is 0 Å². The standard InChI is InChI=1S/C5H5N2O3/c1-9-4(8)5(2-6)3-10-7-5/h3,7H,1H3. The van der Waals surface area contributed by atoms with Gasteiger partial charge >= 0.3 is 5.97 Å². The van der Waals surface area contributed by atoms with Crippen molar-refractivity contribution in [2.24, 2.45) is 0 Å². The van der Waals surface area contributed by atoms with Crippen molar-refractivity contribution in [2.75, 3.05) is 7.11 Å². The van der Waals surface area contributed by atoms with E-state index in [0.29, 0.717) is 0 Å². The van der Waals surface area contributed by atoms with Crippen molar-refractivity contribution in [1.82, 2.24) is 5.48 Å². The molecule has 1 heterocycles. The number of methoxy groups -OCH3 is 1. The second-order valence-electron chi connectivity index (χ2n) is 1.75. The van der Waals surface area contributed by atoms with E-state index < -0.39 is 11.5 Å². The van der Waals surface area contributed by atoms with Crippen LogP contribution in [0, 0.1) is 17.9 Å². The van der Waals surface area contributed by atoms with Gasteiger partial charge in [-0.05, 0) is 0 Å². The Morgan fingerprint density at radius 3 is 2.70 bits per heavy atom. The summed E-state index contributed by atoms with van der Waals surface area (Å²) < 4.78 is 4.31. The minimum absolute atomic E-state index is 0.666. The smallest absolute Gasteiger partial charge is 0.346 e. The molecule has 1 unspecified atom stereocenters. The molecule has 53 valence electrons. The summed E-state index contributed by atoms with van der Waals surface area (Å²) in [6.45, 7) is 1.08. The number of hydrogen-bond acceptors (Lipinski definition) is 5. The zero-order chi connectivity index (χ0) is 7.61. The summed E-state index contributed by atoms with van der Waals surface area (Å²) in [4.78, 5) is 15.1. The molecule has 0 saturated carbocycles. The Morgan fingerprint density at radius 2 is 2.60 bits per heavy atom. The highest BCUT2D eigenvalue weighted by molar-refractivity contribution is 5.86. The molecule has 0 bridgehead atoms. The molecular weight excluding hydrogens is 136 g/mol. The minimum Gasteiger partial charge on any atom is -0.467 e. The van der Waals surface area contributed by atoms with Gasteiger partial charge in [-0.3, -0.25) is 4.84 Å². The third kappa shape index (κ3) is 0.744. The Bertz CT molecular complexity index is 192. The van der Waals surface area contributed by atoms with Crippen LogP contribution < -0.4 is 5.48 Å². The number of esters is 1. The molecule has 1 atom stereocenters. The predicted octanol–water partition coefficient (Wildman–Crippen LogP) is -0.882. The van der Waals surface area contributed by atoms with Crippen molar-refractivity contribution in [1.29, 1.82) is 5.26 Å². The first-order chi connectivity index (χ1) is 4.75. The van der Waals surface area contributed by atoms with Crippen LogP contribution in [0.2, 0.25) is 0 Å². The summed E-state index contributed by atoms with van der Waals surface area (Å²) in [6, 6.07) is 1.70. The number of nitriles is 1. The lowest BCUT2D eigenvalue weighted by Gasteiger charge is -2.31. The lowest BCUT2D eigenvalue weighted by Crippen LogP contribution is -2.60. The van der Waals surface area contributed by atoms with Crippen LogP contribution in [0.25, 0.3) is 0 Å². The molecule has 1 saturated heterocycles. The van der Waals surface area contributed by atoms with E-state index in [0.717, 1.165) is 6.61 Å². The van der Waals surface area contributed by atoms with E-state index in [-0.39, 0.29) is 0 Å². The van der Waals surface area contributed by atoms with Gasteiger partial charge < -0.3 is 4.74 Å². The van der Waals surface area contributed by atoms with E-state index in [9.17, 15) is 4.79 Å². The first-order valence-corrected chi connectivity index (χ1v) is 2.52. The maximum absolute atomic E-state index is 10.7. The molecule has 1 fully saturated rings. The van der Waals surface area contributed by atoms with Crippen LogP contribution in [0.4, 0.5) is 0 Å².